The fourth-order valence-corrected chi connectivity index (χ4v) is 3.15. The fraction of sp³-hybridized carbons (Fsp3) is 0.917. The van der Waals surface area contributed by atoms with Crippen LogP contribution in [0.2, 0.25) is 0 Å². The summed E-state index contributed by atoms with van der Waals surface area (Å²) < 4.78 is 0. The summed E-state index contributed by atoms with van der Waals surface area (Å²) in [6.07, 6.45) is 6.42. The number of carboxylic acids is 1. The quantitative estimate of drug-likeness (QED) is 0.751. The molecule has 1 aliphatic carbocycles. The molecule has 2 N–H and O–H groups in total. The first-order chi connectivity index (χ1) is 7.06. The van der Waals surface area contributed by atoms with Crippen LogP contribution >= 0.6 is 0 Å². The van der Waals surface area contributed by atoms with E-state index in [2.05, 4.69) is 12.2 Å². The minimum Gasteiger partial charge on any atom is -0.481 e. The smallest absolute Gasteiger partial charge is 0.310 e. The van der Waals surface area contributed by atoms with Gasteiger partial charge in [-0.05, 0) is 44.1 Å². The Morgan fingerprint density at radius 2 is 2.07 bits per heavy atom. The van der Waals surface area contributed by atoms with Crippen LogP contribution in [0.1, 0.15) is 45.4 Å². The molecule has 1 heterocycles. The third kappa shape index (κ3) is 2.03. The van der Waals surface area contributed by atoms with E-state index in [9.17, 15) is 9.90 Å². The zero-order chi connectivity index (χ0) is 10.9. The van der Waals surface area contributed by atoms with Gasteiger partial charge >= 0.3 is 5.97 Å². The maximum atomic E-state index is 11.5. The van der Waals surface area contributed by atoms with Crippen molar-refractivity contribution in [3.8, 4) is 0 Å². The first-order valence-corrected chi connectivity index (χ1v) is 6.01. The highest BCUT2D eigenvalue weighted by atomic mass is 16.4. The van der Waals surface area contributed by atoms with Crippen molar-refractivity contribution in [2.75, 3.05) is 13.1 Å². The molecule has 0 aromatic rings. The van der Waals surface area contributed by atoms with Crippen LogP contribution in [0.4, 0.5) is 0 Å². The average Bonchev–Trinajstić information content (AvgIpc) is 2.16. The third-order valence-corrected chi connectivity index (χ3v) is 4.25. The van der Waals surface area contributed by atoms with Gasteiger partial charge in [0.1, 0.15) is 0 Å². The van der Waals surface area contributed by atoms with Gasteiger partial charge in [0.2, 0.25) is 0 Å². The van der Waals surface area contributed by atoms with E-state index < -0.39 is 11.4 Å². The lowest BCUT2D eigenvalue weighted by molar-refractivity contribution is -0.153. The van der Waals surface area contributed by atoms with E-state index in [1.54, 1.807) is 0 Å². The number of piperidine rings is 1. The lowest BCUT2D eigenvalue weighted by Crippen LogP contribution is -2.49. The Hall–Kier alpha value is -0.570. The predicted molar refractivity (Wildman–Crippen MR) is 58.7 cm³/mol. The summed E-state index contributed by atoms with van der Waals surface area (Å²) in [5, 5.41) is 12.7. The Labute approximate surface area is 91.2 Å². The number of nitrogens with one attached hydrogen (secondary N) is 1. The van der Waals surface area contributed by atoms with E-state index >= 15 is 0 Å². The molecule has 1 saturated carbocycles. The fourth-order valence-electron chi connectivity index (χ4n) is 3.15. The van der Waals surface area contributed by atoms with Crippen LogP contribution in [0.3, 0.4) is 0 Å². The number of carboxylic acid groups (broad SMARTS) is 1. The molecule has 0 aromatic carbocycles. The summed E-state index contributed by atoms with van der Waals surface area (Å²) in [6.45, 7) is 3.89. The number of rotatable bonds is 3. The molecule has 2 fully saturated rings. The van der Waals surface area contributed by atoms with E-state index in [4.69, 9.17) is 0 Å². The van der Waals surface area contributed by atoms with Gasteiger partial charge in [-0.3, -0.25) is 4.79 Å². The average molecular weight is 211 g/mol. The molecule has 0 amide bonds. The van der Waals surface area contributed by atoms with E-state index in [-0.39, 0.29) is 0 Å². The molecule has 1 atom stereocenters. The van der Waals surface area contributed by atoms with Crippen LogP contribution in [0, 0.1) is 10.8 Å². The van der Waals surface area contributed by atoms with E-state index in [1.165, 1.54) is 19.3 Å². The van der Waals surface area contributed by atoms with Crippen molar-refractivity contribution in [2.45, 2.75) is 45.4 Å². The lowest BCUT2D eigenvalue weighted by Gasteiger charge is -2.46. The summed E-state index contributed by atoms with van der Waals surface area (Å²) in [5.74, 6) is -0.595. The van der Waals surface area contributed by atoms with Crippen LogP contribution in [0.5, 0.6) is 0 Å². The van der Waals surface area contributed by atoms with Gasteiger partial charge in [0.25, 0.3) is 0 Å². The van der Waals surface area contributed by atoms with E-state index in [0.29, 0.717) is 12.0 Å². The SMILES string of the molecule is CC1(CC2(C(=O)O)CCCNC2)CCC1. The monoisotopic (exact) mass is 211 g/mol. The molecule has 1 saturated heterocycles. The minimum absolute atomic E-state index is 0.303. The summed E-state index contributed by atoms with van der Waals surface area (Å²) in [4.78, 5) is 11.5. The van der Waals surface area contributed by atoms with Gasteiger partial charge in [-0.1, -0.05) is 13.3 Å². The van der Waals surface area contributed by atoms with Gasteiger partial charge in [-0.2, -0.15) is 0 Å². The molecule has 0 radical (unpaired) electrons. The van der Waals surface area contributed by atoms with Crippen molar-refractivity contribution < 1.29 is 9.90 Å². The van der Waals surface area contributed by atoms with E-state index in [0.717, 1.165) is 25.8 Å². The molecule has 1 aliphatic heterocycles. The molecular weight excluding hydrogens is 190 g/mol. The van der Waals surface area contributed by atoms with Crippen molar-refractivity contribution in [3.05, 3.63) is 0 Å². The largest absolute Gasteiger partial charge is 0.481 e. The molecule has 3 heteroatoms. The van der Waals surface area contributed by atoms with Crippen LogP contribution in [-0.2, 0) is 4.79 Å². The summed E-state index contributed by atoms with van der Waals surface area (Å²) in [7, 11) is 0. The van der Waals surface area contributed by atoms with Crippen LogP contribution in [0.25, 0.3) is 0 Å². The zero-order valence-electron chi connectivity index (χ0n) is 9.51. The van der Waals surface area contributed by atoms with Crippen molar-refractivity contribution in [1.82, 2.24) is 5.32 Å². The predicted octanol–water partition coefficient (Wildman–Crippen LogP) is 2.02. The van der Waals surface area contributed by atoms with Gasteiger partial charge in [0, 0.05) is 6.54 Å². The second-order valence-corrected chi connectivity index (χ2v) is 5.71. The Balaban J connectivity index is 2.07. The summed E-state index contributed by atoms with van der Waals surface area (Å²) in [5.41, 5.74) is -0.176. The lowest BCUT2D eigenvalue weighted by atomic mass is 9.60. The molecule has 2 rings (SSSR count). The molecule has 0 bridgehead atoms. The zero-order valence-corrected chi connectivity index (χ0v) is 9.51. The third-order valence-electron chi connectivity index (χ3n) is 4.25. The Morgan fingerprint density at radius 3 is 2.47 bits per heavy atom. The second-order valence-electron chi connectivity index (χ2n) is 5.71. The number of carbonyl (C=O) groups is 1. The van der Waals surface area contributed by atoms with Crippen LogP contribution in [-0.4, -0.2) is 24.2 Å². The van der Waals surface area contributed by atoms with Gasteiger partial charge in [-0.25, -0.2) is 0 Å². The van der Waals surface area contributed by atoms with Crippen molar-refractivity contribution in [3.63, 3.8) is 0 Å². The highest BCUT2D eigenvalue weighted by Gasteiger charge is 2.46. The first kappa shape index (κ1) is 10.9. The summed E-state index contributed by atoms with van der Waals surface area (Å²) in [6, 6.07) is 0. The van der Waals surface area contributed by atoms with Crippen molar-refractivity contribution in [1.29, 1.82) is 0 Å². The molecule has 0 aromatic heterocycles. The number of hydrogen-bond acceptors (Lipinski definition) is 2. The Morgan fingerprint density at radius 1 is 1.33 bits per heavy atom. The molecule has 2 aliphatic rings. The summed E-state index contributed by atoms with van der Waals surface area (Å²) >= 11 is 0. The van der Waals surface area contributed by atoms with Gasteiger partial charge in [-0.15, -0.1) is 0 Å². The Bertz CT molecular complexity index is 252. The van der Waals surface area contributed by atoms with Crippen LogP contribution in [0.15, 0.2) is 0 Å². The molecule has 1 unspecified atom stereocenters. The Kier molecular flexibility index (Phi) is 2.75. The van der Waals surface area contributed by atoms with Gasteiger partial charge < -0.3 is 10.4 Å². The molecule has 86 valence electrons. The highest BCUT2D eigenvalue weighted by Crippen LogP contribution is 2.50. The molecule has 3 nitrogen and oxygen atoms in total. The molecule has 15 heavy (non-hydrogen) atoms. The number of hydrogen-bond donors (Lipinski definition) is 2. The van der Waals surface area contributed by atoms with Crippen molar-refractivity contribution >= 4 is 5.97 Å². The van der Waals surface area contributed by atoms with Gasteiger partial charge in [0.15, 0.2) is 0 Å². The normalized spacial score (nSPS) is 34.5. The molecular formula is C12H21NO2. The molecule has 0 spiro atoms. The maximum Gasteiger partial charge on any atom is 0.310 e. The second kappa shape index (κ2) is 3.78. The highest BCUT2D eigenvalue weighted by molar-refractivity contribution is 5.75. The maximum absolute atomic E-state index is 11.5. The van der Waals surface area contributed by atoms with E-state index in [1.807, 2.05) is 0 Å². The standard InChI is InChI=1S/C12H21NO2/c1-11(4-2-5-11)8-12(10(14)15)6-3-7-13-9-12/h13H,2-9H2,1H3,(H,14,15). The van der Waals surface area contributed by atoms with Crippen LogP contribution < -0.4 is 5.32 Å². The van der Waals surface area contributed by atoms with Gasteiger partial charge in [0.05, 0.1) is 5.41 Å². The minimum atomic E-state index is -0.595. The number of aliphatic carboxylic acids is 1. The first-order valence-electron chi connectivity index (χ1n) is 6.01. The van der Waals surface area contributed by atoms with Crippen molar-refractivity contribution in [2.24, 2.45) is 10.8 Å². The topological polar surface area (TPSA) is 49.3 Å².